The van der Waals surface area contributed by atoms with Crippen LogP contribution in [-0.4, -0.2) is 28.6 Å². The summed E-state index contributed by atoms with van der Waals surface area (Å²) in [5.74, 6) is 2.67. The van der Waals surface area contributed by atoms with E-state index in [0.717, 1.165) is 22.6 Å². The Bertz CT molecular complexity index is 915. The van der Waals surface area contributed by atoms with E-state index in [0.29, 0.717) is 41.4 Å². The first-order valence-corrected chi connectivity index (χ1v) is 11.0. The maximum atomic E-state index is 12.8. The second-order valence-corrected chi connectivity index (χ2v) is 10.3. The lowest BCUT2D eigenvalue weighted by Gasteiger charge is -2.59. The highest BCUT2D eigenvalue weighted by Gasteiger charge is 2.53. The number of esters is 1. The zero-order chi connectivity index (χ0) is 18.9. The van der Waals surface area contributed by atoms with Gasteiger partial charge in [-0.15, -0.1) is 0 Å². The summed E-state index contributed by atoms with van der Waals surface area (Å²) < 4.78 is 5.61. The molecule has 0 spiro atoms. The Morgan fingerprint density at radius 2 is 2.07 bits per heavy atom. The highest BCUT2D eigenvalue weighted by molar-refractivity contribution is 6.04. The van der Waals surface area contributed by atoms with E-state index in [4.69, 9.17) is 4.74 Å². The van der Waals surface area contributed by atoms with Gasteiger partial charge in [-0.25, -0.2) is 9.78 Å². The minimum Gasteiger partial charge on any atom is -0.462 e. The first-order chi connectivity index (χ1) is 13.6. The molecule has 2 aromatic rings. The quantitative estimate of drug-likeness (QED) is 0.735. The minimum atomic E-state index is -0.235. The molecule has 5 aliphatic rings. The van der Waals surface area contributed by atoms with E-state index in [1.807, 2.05) is 12.3 Å². The van der Waals surface area contributed by atoms with Crippen molar-refractivity contribution in [2.24, 2.45) is 29.1 Å². The van der Waals surface area contributed by atoms with Crippen LogP contribution in [0.3, 0.4) is 0 Å². The molecule has 5 aliphatic carbocycles. The lowest BCUT2D eigenvalue weighted by Crippen LogP contribution is -2.55. The molecular weight excluding hydrogens is 350 g/mol. The first-order valence-electron chi connectivity index (χ1n) is 11.0. The molecule has 5 nitrogen and oxygen atoms in total. The number of pyridine rings is 1. The van der Waals surface area contributed by atoms with Gasteiger partial charge in [0.25, 0.3) is 0 Å². The highest BCUT2D eigenvalue weighted by atomic mass is 16.5. The Balaban J connectivity index is 1.33. The number of anilines is 1. The Labute approximate surface area is 165 Å². The van der Waals surface area contributed by atoms with Crippen LogP contribution in [-0.2, 0) is 4.74 Å². The number of nitrogens with one attached hydrogen (secondary N) is 2. The van der Waals surface area contributed by atoms with Crippen molar-refractivity contribution in [3.8, 4) is 0 Å². The van der Waals surface area contributed by atoms with Crippen LogP contribution < -0.4 is 5.32 Å². The van der Waals surface area contributed by atoms with Gasteiger partial charge in [0.15, 0.2) is 0 Å². The smallest absolute Gasteiger partial charge is 0.341 e. The van der Waals surface area contributed by atoms with Gasteiger partial charge in [0.2, 0.25) is 0 Å². The summed E-state index contributed by atoms with van der Waals surface area (Å²) in [5, 5.41) is 4.86. The fourth-order valence-corrected chi connectivity index (χ4v) is 6.71. The van der Waals surface area contributed by atoms with Crippen molar-refractivity contribution in [1.82, 2.24) is 9.97 Å². The maximum Gasteiger partial charge on any atom is 0.341 e. The van der Waals surface area contributed by atoms with E-state index in [1.54, 1.807) is 6.20 Å². The van der Waals surface area contributed by atoms with E-state index < -0.39 is 0 Å². The van der Waals surface area contributed by atoms with Crippen LogP contribution in [0.25, 0.3) is 11.0 Å². The molecule has 28 heavy (non-hydrogen) atoms. The number of hydrogen-bond donors (Lipinski definition) is 2. The number of ether oxygens (including phenoxy) is 1. The molecule has 0 saturated heterocycles. The van der Waals surface area contributed by atoms with Gasteiger partial charge >= 0.3 is 5.97 Å². The van der Waals surface area contributed by atoms with Gasteiger partial charge in [0.05, 0.1) is 12.3 Å². The molecule has 2 heterocycles. The van der Waals surface area contributed by atoms with Crippen LogP contribution in [0.1, 0.15) is 62.2 Å². The van der Waals surface area contributed by atoms with Gasteiger partial charge in [-0.1, -0.05) is 6.92 Å². The molecule has 4 bridgehead atoms. The average molecular weight is 380 g/mol. The third-order valence-corrected chi connectivity index (χ3v) is 7.84. The fraction of sp³-hybridized carbons (Fsp3) is 0.652. The molecule has 2 atom stereocenters. The van der Waals surface area contributed by atoms with Crippen molar-refractivity contribution in [3.05, 3.63) is 24.0 Å². The van der Waals surface area contributed by atoms with E-state index in [-0.39, 0.29) is 5.97 Å². The topological polar surface area (TPSA) is 67.0 Å². The van der Waals surface area contributed by atoms with Gasteiger partial charge in [0.1, 0.15) is 11.2 Å². The van der Waals surface area contributed by atoms with Crippen molar-refractivity contribution in [2.75, 3.05) is 11.9 Å². The van der Waals surface area contributed by atoms with Crippen LogP contribution >= 0.6 is 0 Å². The predicted molar refractivity (Wildman–Crippen MR) is 108 cm³/mol. The van der Waals surface area contributed by atoms with Crippen LogP contribution in [0.4, 0.5) is 5.69 Å². The number of rotatable bonds is 5. The molecule has 7 rings (SSSR count). The summed E-state index contributed by atoms with van der Waals surface area (Å²) in [6, 6.07) is 2.49. The van der Waals surface area contributed by atoms with E-state index in [2.05, 4.69) is 22.2 Å². The molecule has 0 aromatic carbocycles. The standard InChI is InChI=1S/C23H29N3O2/c1-23-8-14-6-15(9-23)19(16(7-14)10-23)26-20-17-4-5-24-21(17)25-11-18(20)22(27)28-12-13-2-3-13/h4-5,11,13-16,19H,2-3,6-10,12H2,1H3,(H2,24,25,26). The molecule has 2 aromatic heterocycles. The van der Waals surface area contributed by atoms with E-state index in [1.165, 1.54) is 44.9 Å². The summed E-state index contributed by atoms with van der Waals surface area (Å²) in [6.45, 7) is 3.03. The largest absolute Gasteiger partial charge is 0.462 e. The molecule has 148 valence electrons. The molecule has 5 fully saturated rings. The normalized spacial score (nSPS) is 36.0. The molecule has 2 N–H and O–H groups in total. The molecule has 5 saturated carbocycles. The molecule has 0 aliphatic heterocycles. The number of carbonyl (C=O) groups excluding carboxylic acids is 1. The summed E-state index contributed by atoms with van der Waals surface area (Å²) in [6.07, 6.45) is 12.7. The third kappa shape index (κ3) is 2.73. The number of nitrogens with zero attached hydrogens (tertiary/aromatic N) is 1. The van der Waals surface area contributed by atoms with Crippen LogP contribution in [0.15, 0.2) is 18.5 Å². The van der Waals surface area contributed by atoms with E-state index in [9.17, 15) is 4.79 Å². The molecule has 5 heteroatoms. The van der Waals surface area contributed by atoms with Crippen molar-refractivity contribution < 1.29 is 9.53 Å². The van der Waals surface area contributed by atoms with Crippen molar-refractivity contribution in [3.63, 3.8) is 0 Å². The lowest BCUT2D eigenvalue weighted by atomic mass is 9.48. The lowest BCUT2D eigenvalue weighted by molar-refractivity contribution is -0.0504. The minimum absolute atomic E-state index is 0.235. The van der Waals surface area contributed by atoms with Gasteiger partial charge in [-0.2, -0.15) is 0 Å². The second kappa shape index (κ2) is 5.98. The number of H-pyrrole nitrogens is 1. The Morgan fingerprint density at radius 3 is 2.79 bits per heavy atom. The van der Waals surface area contributed by atoms with Crippen molar-refractivity contribution >= 4 is 22.7 Å². The monoisotopic (exact) mass is 379 g/mol. The predicted octanol–water partition coefficient (Wildman–Crippen LogP) is 4.76. The summed E-state index contributed by atoms with van der Waals surface area (Å²) >= 11 is 0. The van der Waals surface area contributed by atoms with Crippen molar-refractivity contribution in [1.29, 1.82) is 0 Å². The van der Waals surface area contributed by atoms with Crippen LogP contribution in [0.2, 0.25) is 0 Å². The number of hydrogen-bond acceptors (Lipinski definition) is 4. The van der Waals surface area contributed by atoms with Gasteiger partial charge < -0.3 is 15.0 Å². The first kappa shape index (κ1) is 16.9. The average Bonchev–Trinajstić information content (AvgIpc) is 3.36. The molecule has 0 radical (unpaired) electrons. The Morgan fingerprint density at radius 1 is 1.29 bits per heavy atom. The molecule has 2 unspecified atom stereocenters. The number of aromatic nitrogens is 2. The van der Waals surface area contributed by atoms with E-state index >= 15 is 0 Å². The highest BCUT2D eigenvalue weighted by Crippen LogP contribution is 2.60. The summed E-state index contributed by atoms with van der Waals surface area (Å²) in [4.78, 5) is 20.5. The maximum absolute atomic E-state index is 12.8. The van der Waals surface area contributed by atoms with Gasteiger partial charge in [-0.3, -0.25) is 0 Å². The Hall–Kier alpha value is -2.04. The molecule has 0 amide bonds. The Kier molecular flexibility index (Phi) is 3.60. The summed E-state index contributed by atoms with van der Waals surface area (Å²) in [5.41, 5.74) is 2.89. The fourth-order valence-electron chi connectivity index (χ4n) is 6.71. The summed E-state index contributed by atoms with van der Waals surface area (Å²) in [7, 11) is 0. The second-order valence-electron chi connectivity index (χ2n) is 10.3. The number of carbonyl (C=O) groups is 1. The SMILES string of the molecule is CC12CC3CC(C1)C(Nc1c(C(=O)OCC4CC4)cnc4[nH]ccc14)C(C3)C2. The van der Waals surface area contributed by atoms with Crippen LogP contribution in [0.5, 0.6) is 0 Å². The zero-order valence-electron chi connectivity index (χ0n) is 16.5. The van der Waals surface area contributed by atoms with Crippen molar-refractivity contribution in [2.45, 2.75) is 57.9 Å². The number of fused-ring (bicyclic) bond motifs is 1. The van der Waals surface area contributed by atoms with Gasteiger partial charge in [-0.05, 0) is 80.1 Å². The van der Waals surface area contributed by atoms with Gasteiger partial charge in [0, 0.05) is 23.8 Å². The number of aromatic amines is 1. The van der Waals surface area contributed by atoms with Crippen LogP contribution in [0, 0.1) is 29.1 Å². The third-order valence-electron chi connectivity index (χ3n) is 7.84. The zero-order valence-corrected chi connectivity index (χ0v) is 16.5. The molecular formula is C23H29N3O2.